The van der Waals surface area contributed by atoms with Crippen LogP contribution in [0.3, 0.4) is 0 Å². The van der Waals surface area contributed by atoms with Gasteiger partial charge in [0, 0.05) is 6.54 Å². The van der Waals surface area contributed by atoms with Gasteiger partial charge in [-0.05, 0) is 55.3 Å². The van der Waals surface area contributed by atoms with E-state index in [4.69, 9.17) is 5.73 Å². The normalized spacial score (nSPS) is 17.1. The molecule has 0 spiro atoms. The van der Waals surface area contributed by atoms with Crippen molar-refractivity contribution in [2.45, 2.75) is 44.7 Å². The van der Waals surface area contributed by atoms with Crippen LogP contribution in [0.4, 0.5) is 0 Å². The summed E-state index contributed by atoms with van der Waals surface area (Å²) in [5.41, 5.74) is 7.04. The molecule has 2 atom stereocenters. The molecule has 3 rings (SSSR count). The second-order valence-corrected chi connectivity index (χ2v) is 7.03. The Morgan fingerprint density at radius 2 is 1.67 bits per heavy atom. The van der Waals surface area contributed by atoms with Crippen molar-refractivity contribution >= 4 is 41.5 Å². The number of halogens is 2. The third-order valence-electron chi connectivity index (χ3n) is 5.30. The Kier molecular flexibility index (Phi) is 10.1. The number of rotatable bonds is 5. The molecule has 0 aromatic heterocycles. The van der Waals surface area contributed by atoms with E-state index < -0.39 is 0 Å². The monoisotopic (exact) mass is 411 g/mol. The number of likely N-dealkylation sites (tertiary alicyclic amines) is 1. The molecule has 0 bridgehead atoms. The van der Waals surface area contributed by atoms with Crippen molar-refractivity contribution in [3.05, 3.63) is 48.0 Å². The van der Waals surface area contributed by atoms with Crippen LogP contribution < -0.4 is 11.1 Å². The topological polar surface area (TPSA) is 58.4 Å². The molecular formula is C21H31Cl2N3O. The zero-order valence-electron chi connectivity index (χ0n) is 15.9. The van der Waals surface area contributed by atoms with Crippen molar-refractivity contribution < 1.29 is 4.79 Å². The number of nitrogens with one attached hydrogen (secondary N) is 1. The largest absolute Gasteiger partial charge is 0.347 e. The second-order valence-electron chi connectivity index (χ2n) is 7.03. The molecule has 2 unspecified atom stereocenters. The number of amides is 1. The van der Waals surface area contributed by atoms with Crippen LogP contribution in [0.1, 0.15) is 44.2 Å². The molecule has 1 amide bonds. The predicted molar refractivity (Wildman–Crippen MR) is 118 cm³/mol. The fourth-order valence-corrected chi connectivity index (χ4v) is 3.64. The second kappa shape index (κ2) is 11.5. The number of fused-ring (bicyclic) bond motifs is 1. The van der Waals surface area contributed by atoms with Crippen LogP contribution in [0, 0.1) is 0 Å². The van der Waals surface area contributed by atoms with Crippen LogP contribution in [-0.2, 0) is 4.79 Å². The van der Waals surface area contributed by atoms with Crippen LogP contribution in [0.5, 0.6) is 0 Å². The summed E-state index contributed by atoms with van der Waals surface area (Å²) >= 11 is 0. The Labute approximate surface area is 174 Å². The number of carbonyl (C=O) groups excluding carboxylic acids is 1. The summed E-state index contributed by atoms with van der Waals surface area (Å²) in [5.74, 6) is 0.0745. The van der Waals surface area contributed by atoms with Crippen LogP contribution >= 0.6 is 24.8 Å². The molecule has 2 aromatic carbocycles. The molecule has 3 N–H and O–H groups in total. The van der Waals surface area contributed by atoms with Crippen LogP contribution in [0.25, 0.3) is 10.8 Å². The van der Waals surface area contributed by atoms with Gasteiger partial charge < -0.3 is 11.1 Å². The molecule has 0 radical (unpaired) electrons. The Bertz CT molecular complexity index is 717. The molecule has 0 aliphatic carbocycles. The first kappa shape index (κ1) is 23.7. The lowest BCUT2D eigenvalue weighted by Gasteiger charge is -2.28. The summed E-state index contributed by atoms with van der Waals surface area (Å²) in [7, 11) is 0. The highest BCUT2D eigenvalue weighted by Crippen LogP contribution is 2.20. The molecule has 1 heterocycles. The SMILES string of the molecule is CC(C(=O)NC(CN)c1ccc2ccccc2c1)N1CCCCCC1.Cl.Cl. The highest BCUT2D eigenvalue weighted by atomic mass is 35.5. The number of hydrogen-bond donors (Lipinski definition) is 2. The van der Waals surface area contributed by atoms with E-state index in [1.165, 1.54) is 36.5 Å². The van der Waals surface area contributed by atoms with Gasteiger partial charge in [0.2, 0.25) is 5.91 Å². The van der Waals surface area contributed by atoms with E-state index in [0.717, 1.165) is 18.7 Å². The van der Waals surface area contributed by atoms with E-state index in [0.29, 0.717) is 6.54 Å². The Morgan fingerprint density at radius 1 is 1.04 bits per heavy atom. The lowest BCUT2D eigenvalue weighted by Crippen LogP contribution is -2.47. The third-order valence-corrected chi connectivity index (χ3v) is 5.30. The van der Waals surface area contributed by atoms with Crippen molar-refractivity contribution in [1.29, 1.82) is 0 Å². The van der Waals surface area contributed by atoms with Gasteiger partial charge in [0.15, 0.2) is 0 Å². The summed E-state index contributed by atoms with van der Waals surface area (Å²) in [5, 5.41) is 5.53. The number of carbonyl (C=O) groups is 1. The smallest absolute Gasteiger partial charge is 0.237 e. The lowest BCUT2D eigenvalue weighted by molar-refractivity contribution is -0.126. The van der Waals surface area contributed by atoms with E-state index in [1.807, 2.05) is 19.1 Å². The number of nitrogens with two attached hydrogens (primary N) is 1. The minimum absolute atomic E-state index is 0. The van der Waals surface area contributed by atoms with Gasteiger partial charge in [0.1, 0.15) is 0 Å². The van der Waals surface area contributed by atoms with Gasteiger partial charge in [-0.3, -0.25) is 9.69 Å². The van der Waals surface area contributed by atoms with Crippen molar-refractivity contribution in [2.24, 2.45) is 5.73 Å². The average Bonchev–Trinajstić information content (AvgIpc) is 2.94. The van der Waals surface area contributed by atoms with Crippen LogP contribution in [0.15, 0.2) is 42.5 Å². The van der Waals surface area contributed by atoms with E-state index in [9.17, 15) is 4.79 Å². The third kappa shape index (κ3) is 6.08. The fourth-order valence-electron chi connectivity index (χ4n) is 3.64. The van der Waals surface area contributed by atoms with Crippen molar-refractivity contribution in [3.63, 3.8) is 0 Å². The molecule has 6 heteroatoms. The van der Waals surface area contributed by atoms with Gasteiger partial charge in [0.05, 0.1) is 12.1 Å². The zero-order valence-corrected chi connectivity index (χ0v) is 17.5. The zero-order chi connectivity index (χ0) is 17.6. The summed E-state index contributed by atoms with van der Waals surface area (Å²) in [6.45, 7) is 4.43. The Morgan fingerprint density at radius 3 is 2.30 bits per heavy atom. The minimum Gasteiger partial charge on any atom is -0.347 e. The Balaban J connectivity index is 0.00000182. The minimum atomic E-state index is -0.147. The highest BCUT2D eigenvalue weighted by molar-refractivity contribution is 5.86. The van der Waals surface area contributed by atoms with E-state index in [2.05, 4.69) is 40.5 Å². The molecule has 150 valence electrons. The van der Waals surface area contributed by atoms with Gasteiger partial charge in [-0.2, -0.15) is 0 Å². The maximum absolute atomic E-state index is 12.8. The van der Waals surface area contributed by atoms with Crippen LogP contribution in [0.2, 0.25) is 0 Å². The molecule has 1 aliphatic heterocycles. The molecule has 2 aromatic rings. The Hall–Kier alpha value is -1.33. The van der Waals surface area contributed by atoms with E-state index in [-0.39, 0.29) is 42.8 Å². The highest BCUT2D eigenvalue weighted by Gasteiger charge is 2.24. The first-order chi connectivity index (χ1) is 12.2. The maximum atomic E-state index is 12.8. The van der Waals surface area contributed by atoms with Gasteiger partial charge in [-0.15, -0.1) is 24.8 Å². The first-order valence-corrected chi connectivity index (χ1v) is 9.42. The molecule has 4 nitrogen and oxygen atoms in total. The molecule has 27 heavy (non-hydrogen) atoms. The quantitative estimate of drug-likeness (QED) is 0.779. The molecule has 0 saturated carbocycles. The molecule has 1 saturated heterocycles. The predicted octanol–water partition coefficient (Wildman–Crippen LogP) is 4.06. The van der Waals surface area contributed by atoms with Gasteiger partial charge in [-0.1, -0.05) is 49.2 Å². The first-order valence-electron chi connectivity index (χ1n) is 9.42. The summed E-state index contributed by atoms with van der Waals surface area (Å²) in [4.78, 5) is 15.1. The maximum Gasteiger partial charge on any atom is 0.237 e. The summed E-state index contributed by atoms with van der Waals surface area (Å²) < 4.78 is 0. The van der Waals surface area contributed by atoms with Gasteiger partial charge >= 0.3 is 0 Å². The van der Waals surface area contributed by atoms with Crippen molar-refractivity contribution in [3.8, 4) is 0 Å². The molecular weight excluding hydrogens is 381 g/mol. The number of nitrogens with zero attached hydrogens (tertiary/aromatic N) is 1. The molecule has 1 fully saturated rings. The standard InChI is InChI=1S/C21H29N3O.2ClH/c1-16(24-12-6-2-3-7-13-24)21(25)23-20(15-22)19-11-10-17-8-4-5-9-18(17)14-19;;/h4-5,8-11,14,16,20H,2-3,6-7,12-13,15,22H2,1H3,(H,23,25);2*1H. The van der Waals surface area contributed by atoms with Crippen molar-refractivity contribution in [1.82, 2.24) is 10.2 Å². The lowest BCUT2D eigenvalue weighted by atomic mass is 10.0. The van der Waals surface area contributed by atoms with Crippen LogP contribution in [-0.4, -0.2) is 36.5 Å². The molecule has 1 aliphatic rings. The average molecular weight is 412 g/mol. The number of hydrogen-bond acceptors (Lipinski definition) is 3. The number of benzene rings is 2. The van der Waals surface area contributed by atoms with Crippen molar-refractivity contribution in [2.75, 3.05) is 19.6 Å². The fraction of sp³-hybridized carbons (Fsp3) is 0.476. The van der Waals surface area contributed by atoms with Gasteiger partial charge in [-0.25, -0.2) is 0 Å². The summed E-state index contributed by atoms with van der Waals surface area (Å²) in [6.07, 6.45) is 4.91. The summed E-state index contributed by atoms with van der Waals surface area (Å²) in [6, 6.07) is 14.3. The van der Waals surface area contributed by atoms with E-state index in [1.54, 1.807) is 0 Å². The van der Waals surface area contributed by atoms with Gasteiger partial charge in [0.25, 0.3) is 0 Å². The van der Waals surface area contributed by atoms with E-state index >= 15 is 0 Å².